The van der Waals surface area contributed by atoms with Crippen LogP contribution in [-0.4, -0.2) is 23.6 Å². The molecule has 0 amide bonds. The summed E-state index contributed by atoms with van der Waals surface area (Å²) in [6.07, 6.45) is -1.84. The molecule has 128 valence electrons. The number of anilines is 2. The zero-order valence-electron chi connectivity index (χ0n) is 13.3. The minimum absolute atomic E-state index is 0.359. The van der Waals surface area contributed by atoms with Crippen LogP contribution < -0.4 is 11.1 Å². The Bertz CT molecular complexity index is 598. The maximum Gasteiger partial charge on any atom is 0.420 e. The number of methoxy groups -OCH3 is 1. The van der Waals surface area contributed by atoms with Crippen molar-refractivity contribution in [3.8, 4) is 0 Å². The number of carbonyl (C=O) groups is 1. The van der Waals surface area contributed by atoms with Gasteiger partial charge in [0.05, 0.1) is 18.4 Å². The van der Waals surface area contributed by atoms with E-state index in [9.17, 15) is 18.0 Å². The fourth-order valence-corrected chi connectivity index (χ4v) is 1.95. The molecule has 0 aliphatic heterocycles. The molecule has 0 saturated carbocycles. The van der Waals surface area contributed by atoms with Gasteiger partial charge in [0.15, 0.2) is 5.69 Å². The molecule has 1 rings (SSSR count). The molecular formula is C15H20F3N3O2. The smallest absolute Gasteiger partial charge is 0.420 e. The summed E-state index contributed by atoms with van der Waals surface area (Å²) >= 11 is 0. The molecule has 0 saturated heterocycles. The number of esters is 1. The number of allylic oxidation sites excluding steroid dienone is 1. The minimum atomic E-state index is -4.66. The number of pyridine rings is 1. The Balaban J connectivity index is 3.36. The van der Waals surface area contributed by atoms with Gasteiger partial charge in [0.25, 0.3) is 0 Å². The average Bonchev–Trinajstić information content (AvgIpc) is 2.44. The van der Waals surface area contributed by atoms with Crippen LogP contribution in [0.25, 0.3) is 0 Å². The predicted octanol–water partition coefficient (Wildman–Crippen LogP) is 3.63. The molecule has 0 bridgehead atoms. The molecule has 0 radical (unpaired) electrons. The number of hydrogen-bond acceptors (Lipinski definition) is 5. The van der Waals surface area contributed by atoms with Gasteiger partial charge in [-0.1, -0.05) is 6.08 Å². The monoisotopic (exact) mass is 331 g/mol. The van der Waals surface area contributed by atoms with E-state index >= 15 is 0 Å². The average molecular weight is 331 g/mol. The number of ether oxygens (including phenoxy) is 1. The Hall–Kier alpha value is -2.25. The fraction of sp³-hybridized carbons (Fsp3) is 0.467. The van der Waals surface area contributed by atoms with Crippen LogP contribution in [0.1, 0.15) is 42.7 Å². The van der Waals surface area contributed by atoms with E-state index in [0.29, 0.717) is 18.9 Å². The van der Waals surface area contributed by atoms with Gasteiger partial charge in [-0.25, -0.2) is 9.78 Å². The van der Waals surface area contributed by atoms with E-state index < -0.39 is 34.8 Å². The number of carbonyl (C=O) groups excluding carboxylic acids is 1. The third-order valence-electron chi connectivity index (χ3n) is 3.17. The molecule has 1 aromatic heterocycles. The van der Waals surface area contributed by atoms with Gasteiger partial charge in [0.1, 0.15) is 5.82 Å². The second kappa shape index (κ2) is 6.89. The van der Waals surface area contributed by atoms with E-state index in [2.05, 4.69) is 21.6 Å². The molecule has 0 atom stereocenters. The van der Waals surface area contributed by atoms with Crippen molar-refractivity contribution in [2.24, 2.45) is 0 Å². The minimum Gasteiger partial charge on any atom is -0.464 e. The number of alkyl halides is 3. The van der Waals surface area contributed by atoms with Gasteiger partial charge in [0, 0.05) is 5.54 Å². The lowest BCUT2D eigenvalue weighted by molar-refractivity contribution is -0.137. The normalized spacial score (nSPS) is 11.9. The highest BCUT2D eigenvalue weighted by molar-refractivity contribution is 5.93. The van der Waals surface area contributed by atoms with Gasteiger partial charge < -0.3 is 15.8 Å². The lowest BCUT2D eigenvalue weighted by Crippen LogP contribution is -2.33. The van der Waals surface area contributed by atoms with E-state index in [1.807, 2.05) is 0 Å². The highest BCUT2D eigenvalue weighted by Gasteiger charge is 2.37. The number of nitrogens with zero attached hydrogens (tertiary/aromatic N) is 1. The molecule has 0 aliphatic rings. The third kappa shape index (κ3) is 4.87. The summed E-state index contributed by atoms with van der Waals surface area (Å²) in [4.78, 5) is 15.3. The van der Waals surface area contributed by atoms with E-state index in [1.54, 1.807) is 19.9 Å². The lowest BCUT2D eigenvalue weighted by Gasteiger charge is -2.28. The fourth-order valence-electron chi connectivity index (χ4n) is 1.95. The first-order chi connectivity index (χ1) is 10.5. The molecule has 3 N–H and O–H groups in total. The topological polar surface area (TPSA) is 77.2 Å². The van der Waals surface area contributed by atoms with Crippen molar-refractivity contribution < 1.29 is 22.7 Å². The van der Waals surface area contributed by atoms with Crippen LogP contribution in [0.2, 0.25) is 0 Å². The number of nitrogens with two attached hydrogens (primary N) is 1. The van der Waals surface area contributed by atoms with E-state index in [0.717, 1.165) is 7.11 Å². The van der Waals surface area contributed by atoms with Crippen molar-refractivity contribution in [3.63, 3.8) is 0 Å². The van der Waals surface area contributed by atoms with Gasteiger partial charge in [-0.15, -0.1) is 6.58 Å². The number of nitrogens with one attached hydrogen (secondary N) is 1. The largest absolute Gasteiger partial charge is 0.464 e. The van der Waals surface area contributed by atoms with Crippen molar-refractivity contribution in [1.29, 1.82) is 0 Å². The molecule has 8 heteroatoms. The van der Waals surface area contributed by atoms with Crippen LogP contribution >= 0.6 is 0 Å². The van der Waals surface area contributed by atoms with Crippen molar-refractivity contribution in [2.75, 3.05) is 18.2 Å². The number of aromatic nitrogens is 1. The van der Waals surface area contributed by atoms with Gasteiger partial charge in [-0.3, -0.25) is 0 Å². The number of hydrogen-bond donors (Lipinski definition) is 2. The molecule has 0 fully saturated rings. The van der Waals surface area contributed by atoms with E-state index in [4.69, 9.17) is 5.73 Å². The summed E-state index contributed by atoms with van der Waals surface area (Å²) in [5.41, 5.74) is 3.03. The van der Waals surface area contributed by atoms with Gasteiger partial charge in [-0.05, 0) is 32.8 Å². The number of rotatable bonds is 6. The Labute approximate surface area is 132 Å². The summed E-state index contributed by atoms with van der Waals surface area (Å²) in [7, 11) is 1.10. The van der Waals surface area contributed by atoms with Gasteiger partial charge in [0.2, 0.25) is 0 Å². The quantitative estimate of drug-likeness (QED) is 0.615. The number of halogens is 3. The summed E-state index contributed by atoms with van der Waals surface area (Å²) < 4.78 is 44.1. The zero-order chi connectivity index (χ0) is 17.8. The van der Waals surface area contributed by atoms with Gasteiger partial charge >= 0.3 is 12.1 Å². The number of nitrogen functional groups attached to an aromatic ring is 1. The highest BCUT2D eigenvalue weighted by Crippen LogP contribution is 2.37. The molecule has 0 aromatic carbocycles. The van der Waals surface area contributed by atoms with Crippen LogP contribution in [0.4, 0.5) is 24.7 Å². The molecule has 0 unspecified atom stereocenters. The molecule has 23 heavy (non-hydrogen) atoms. The first kappa shape index (κ1) is 18.8. The van der Waals surface area contributed by atoms with Crippen molar-refractivity contribution in [3.05, 3.63) is 30.0 Å². The maximum atomic E-state index is 13.2. The molecule has 1 aromatic rings. The Morgan fingerprint density at radius 1 is 1.48 bits per heavy atom. The van der Waals surface area contributed by atoms with Crippen LogP contribution in [0.5, 0.6) is 0 Å². The molecular weight excluding hydrogens is 311 g/mol. The highest BCUT2D eigenvalue weighted by atomic mass is 19.4. The Morgan fingerprint density at radius 3 is 2.57 bits per heavy atom. The first-order valence-corrected chi connectivity index (χ1v) is 6.87. The van der Waals surface area contributed by atoms with Crippen molar-refractivity contribution in [2.45, 2.75) is 38.4 Å². The first-order valence-electron chi connectivity index (χ1n) is 6.87. The zero-order valence-corrected chi connectivity index (χ0v) is 13.3. The second-order valence-electron chi connectivity index (χ2n) is 5.65. The van der Waals surface area contributed by atoms with Gasteiger partial charge in [-0.2, -0.15) is 13.2 Å². The lowest BCUT2D eigenvalue weighted by atomic mass is 9.98. The van der Waals surface area contributed by atoms with Crippen molar-refractivity contribution in [1.82, 2.24) is 4.98 Å². The molecule has 1 heterocycles. The molecule has 5 nitrogen and oxygen atoms in total. The summed E-state index contributed by atoms with van der Waals surface area (Å²) in [5, 5.41) is 2.73. The third-order valence-corrected chi connectivity index (χ3v) is 3.17. The molecule has 0 spiro atoms. The van der Waals surface area contributed by atoms with Crippen LogP contribution in [0, 0.1) is 0 Å². The molecule has 0 aliphatic carbocycles. The van der Waals surface area contributed by atoms with Crippen molar-refractivity contribution >= 4 is 17.5 Å². The van der Waals surface area contributed by atoms with Crippen LogP contribution in [-0.2, 0) is 10.9 Å². The van der Waals surface area contributed by atoms with E-state index in [1.165, 1.54) is 0 Å². The summed E-state index contributed by atoms with van der Waals surface area (Å²) in [6, 6.07) is 0.686. The second-order valence-corrected chi connectivity index (χ2v) is 5.65. The standard InChI is InChI=1S/C15H20F3N3O2/c1-5-6-7-14(2,3)21-12-9(15(16,17)18)8-10(19)11(20-12)13(22)23-4/h5,8H,1,6-7,19H2,2-4H3,(H,20,21). The SMILES string of the molecule is C=CCCC(C)(C)Nc1nc(C(=O)OC)c(N)cc1C(F)(F)F. The Kier molecular flexibility index (Phi) is 5.63. The summed E-state index contributed by atoms with van der Waals surface area (Å²) in [5.74, 6) is -1.36. The van der Waals surface area contributed by atoms with E-state index in [-0.39, 0.29) is 5.69 Å². The van der Waals surface area contributed by atoms with Crippen LogP contribution in [0.3, 0.4) is 0 Å². The van der Waals surface area contributed by atoms with Crippen LogP contribution in [0.15, 0.2) is 18.7 Å². The maximum absolute atomic E-state index is 13.2. The predicted molar refractivity (Wildman–Crippen MR) is 82.1 cm³/mol. The summed E-state index contributed by atoms with van der Waals surface area (Å²) in [6.45, 7) is 7.04. The Morgan fingerprint density at radius 2 is 2.09 bits per heavy atom.